The molecule has 2 heteroatoms. The summed E-state index contributed by atoms with van der Waals surface area (Å²) in [5.74, 6) is 0. The SMILES string of the molecule is CC.COCC1(C)CCOCC1. The van der Waals surface area contributed by atoms with E-state index in [0.717, 1.165) is 32.7 Å². The van der Waals surface area contributed by atoms with Crippen LogP contribution in [0.25, 0.3) is 0 Å². The number of methoxy groups -OCH3 is 1. The van der Waals surface area contributed by atoms with E-state index in [-0.39, 0.29) is 0 Å². The normalized spacial score (nSPS) is 21.0. The quantitative estimate of drug-likeness (QED) is 0.640. The first-order valence-electron chi connectivity index (χ1n) is 4.83. The molecule has 1 saturated heterocycles. The molecule has 0 radical (unpaired) electrons. The molecule has 0 N–H and O–H groups in total. The highest BCUT2D eigenvalue weighted by molar-refractivity contribution is 4.76. The molecule has 0 aromatic carbocycles. The molecule has 0 spiro atoms. The van der Waals surface area contributed by atoms with Gasteiger partial charge in [0.1, 0.15) is 0 Å². The van der Waals surface area contributed by atoms with E-state index >= 15 is 0 Å². The molecule has 0 unspecified atom stereocenters. The maximum absolute atomic E-state index is 5.26. The van der Waals surface area contributed by atoms with E-state index in [2.05, 4.69) is 6.92 Å². The topological polar surface area (TPSA) is 18.5 Å². The van der Waals surface area contributed by atoms with E-state index in [1.165, 1.54) is 0 Å². The summed E-state index contributed by atoms with van der Waals surface area (Å²) in [4.78, 5) is 0. The molecule has 12 heavy (non-hydrogen) atoms. The van der Waals surface area contributed by atoms with E-state index in [4.69, 9.17) is 9.47 Å². The lowest BCUT2D eigenvalue weighted by atomic mass is 9.83. The number of ether oxygens (including phenoxy) is 2. The van der Waals surface area contributed by atoms with Crippen LogP contribution in [0.15, 0.2) is 0 Å². The highest BCUT2D eigenvalue weighted by Crippen LogP contribution is 2.29. The van der Waals surface area contributed by atoms with Gasteiger partial charge in [-0.05, 0) is 18.3 Å². The van der Waals surface area contributed by atoms with E-state index in [9.17, 15) is 0 Å². The second-order valence-corrected chi connectivity index (χ2v) is 3.36. The van der Waals surface area contributed by atoms with Gasteiger partial charge in [-0.1, -0.05) is 20.8 Å². The van der Waals surface area contributed by atoms with Gasteiger partial charge in [0.25, 0.3) is 0 Å². The summed E-state index contributed by atoms with van der Waals surface area (Å²) in [7, 11) is 1.76. The van der Waals surface area contributed by atoms with Crippen molar-refractivity contribution in [3.05, 3.63) is 0 Å². The van der Waals surface area contributed by atoms with Crippen molar-refractivity contribution in [2.24, 2.45) is 5.41 Å². The number of hydrogen-bond acceptors (Lipinski definition) is 2. The Morgan fingerprint density at radius 3 is 2.17 bits per heavy atom. The van der Waals surface area contributed by atoms with Gasteiger partial charge in [-0.25, -0.2) is 0 Å². The Morgan fingerprint density at radius 2 is 1.75 bits per heavy atom. The van der Waals surface area contributed by atoms with Crippen LogP contribution in [0.1, 0.15) is 33.6 Å². The standard InChI is InChI=1S/C8H16O2.C2H6/c1-8(7-9-2)3-5-10-6-4-8;1-2/h3-7H2,1-2H3;1-2H3. The van der Waals surface area contributed by atoms with Crippen molar-refractivity contribution in [2.45, 2.75) is 33.6 Å². The zero-order valence-corrected chi connectivity index (χ0v) is 8.85. The van der Waals surface area contributed by atoms with Crippen LogP contribution in [0.4, 0.5) is 0 Å². The zero-order valence-electron chi connectivity index (χ0n) is 8.85. The first-order valence-corrected chi connectivity index (χ1v) is 4.83. The summed E-state index contributed by atoms with van der Waals surface area (Å²) in [6, 6.07) is 0. The highest BCUT2D eigenvalue weighted by atomic mass is 16.5. The zero-order chi connectivity index (χ0) is 9.45. The lowest BCUT2D eigenvalue weighted by molar-refractivity contribution is -0.0173. The van der Waals surface area contributed by atoms with Crippen LogP contribution in [0, 0.1) is 5.41 Å². The van der Waals surface area contributed by atoms with Gasteiger partial charge in [-0.2, -0.15) is 0 Å². The summed E-state index contributed by atoms with van der Waals surface area (Å²) < 4.78 is 10.4. The Hall–Kier alpha value is -0.0800. The van der Waals surface area contributed by atoms with Gasteiger partial charge in [0.05, 0.1) is 6.61 Å². The molecule has 0 aliphatic carbocycles. The predicted molar refractivity (Wildman–Crippen MR) is 51.4 cm³/mol. The average molecular weight is 174 g/mol. The maximum Gasteiger partial charge on any atom is 0.0517 e. The van der Waals surface area contributed by atoms with E-state index in [0.29, 0.717) is 5.41 Å². The minimum Gasteiger partial charge on any atom is -0.384 e. The van der Waals surface area contributed by atoms with Crippen molar-refractivity contribution in [1.82, 2.24) is 0 Å². The second-order valence-electron chi connectivity index (χ2n) is 3.36. The van der Waals surface area contributed by atoms with Crippen LogP contribution >= 0.6 is 0 Å². The van der Waals surface area contributed by atoms with Gasteiger partial charge in [0.2, 0.25) is 0 Å². The van der Waals surface area contributed by atoms with Crippen LogP contribution in [0.3, 0.4) is 0 Å². The first-order chi connectivity index (χ1) is 5.77. The minimum absolute atomic E-state index is 0.382. The average Bonchev–Trinajstić information content (AvgIpc) is 2.09. The van der Waals surface area contributed by atoms with Gasteiger partial charge >= 0.3 is 0 Å². The fourth-order valence-electron chi connectivity index (χ4n) is 1.36. The lowest BCUT2D eigenvalue weighted by Gasteiger charge is -2.32. The first kappa shape index (κ1) is 11.9. The minimum atomic E-state index is 0.382. The molecule has 74 valence electrons. The molecular formula is C10H22O2. The summed E-state index contributed by atoms with van der Waals surface area (Å²) in [5.41, 5.74) is 0.382. The van der Waals surface area contributed by atoms with Gasteiger partial charge in [-0.15, -0.1) is 0 Å². The highest BCUT2D eigenvalue weighted by Gasteiger charge is 2.26. The van der Waals surface area contributed by atoms with Crippen molar-refractivity contribution in [3.63, 3.8) is 0 Å². The van der Waals surface area contributed by atoms with Gasteiger partial charge in [-0.3, -0.25) is 0 Å². The molecule has 0 saturated carbocycles. The van der Waals surface area contributed by atoms with Crippen LogP contribution in [-0.4, -0.2) is 26.9 Å². The van der Waals surface area contributed by atoms with Crippen molar-refractivity contribution in [2.75, 3.05) is 26.9 Å². The monoisotopic (exact) mass is 174 g/mol. The van der Waals surface area contributed by atoms with Crippen molar-refractivity contribution in [3.8, 4) is 0 Å². The van der Waals surface area contributed by atoms with Crippen LogP contribution < -0.4 is 0 Å². The molecule has 1 aliphatic rings. The molecular weight excluding hydrogens is 152 g/mol. The third kappa shape index (κ3) is 4.07. The number of hydrogen-bond donors (Lipinski definition) is 0. The molecule has 1 fully saturated rings. The maximum atomic E-state index is 5.26. The lowest BCUT2D eigenvalue weighted by Crippen LogP contribution is -2.30. The number of rotatable bonds is 2. The second kappa shape index (κ2) is 6.44. The summed E-state index contributed by atoms with van der Waals surface area (Å²) in [6.07, 6.45) is 2.28. The molecule has 1 aliphatic heterocycles. The molecule has 1 heterocycles. The van der Waals surface area contributed by atoms with Gasteiger partial charge in [0, 0.05) is 20.3 Å². The van der Waals surface area contributed by atoms with Crippen LogP contribution in [0.5, 0.6) is 0 Å². The third-order valence-corrected chi connectivity index (χ3v) is 2.19. The molecule has 0 amide bonds. The summed E-state index contributed by atoms with van der Waals surface area (Å²) in [6.45, 7) is 8.94. The smallest absolute Gasteiger partial charge is 0.0517 e. The fourth-order valence-corrected chi connectivity index (χ4v) is 1.36. The van der Waals surface area contributed by atoms with E-state index in [1.807, 2.05) is 13.8 Å². The third-order valence-electron chi connectivity index (χ3n) is 2.19. The Balaban J connectivity index is 0.000000561. The largest absolute Gasteiger partial charge is 0.384 e. The predicted octanol–water partition coefficient (Wildman–Crippen LogP) is 2.48. The molecule has 2 nitrogen and oxygen atoms in total. The van der Waals surface area contributed by atoms with Gasteiger partial charge in [0.15, 0.2) is 0 Å². The molecule has 0 atom stereocenters. The van der Waals surface area contributed by atoms with E-state index < -0.39 is 0 Å². The van der Waals surface area contributed by atoms with Crippen molar-refractivity contribution >= 4 is 0 Å². The van der Waals surface area contributed by atoms with E-state index in [1.54, 1.807) is 7.11 Å². The van der Waals surface area contributed by atoms with Crippen LogP contribution in [-0.2, 0) is 9.47 Å². The molecule has 0 aromatic heterocycles. The molecule has 0 bridgehead atoms. The Bertz CT molecular complexity index is 90.5. The molecule has 0 aromatic rings. The van der Waals surface area contributed by atoms with Crippen LogP contribution in [0.2, 0.25) is 0 Å². The Kier molecular flexibility index (Phi) is 6.39. The summed E-state index contributed by atoms with van der Waals surface area (Å²) >= 11 is 0. The Morgan fingerprint density at radius 1 is 1.25 bits per heavy atom. The van der Waals surface area contributed by atoms with Gasteiger partial charge < -0.3 is 9.47 Å². The fraction of sp³-hybridized carbons (Fsp3) is 1.00. The summed E-state index contributed by atoms with van der Waals surface area (Å²) in [5, 5.41) is 0. The molecule has 1 rings (SSSR count). The van der Waals surface area contributed by atoms with Crippen molar-refractivity contribution < 1.29 is 9.47 Å². The Labute approximate surface area is 76.3 Å². The van der Waals surface area contributed by atoms with Crippen molar-refractivity contribution in [1.29, 1.82) is 0 Å².